The summed E-state index contributed by atoms with van der Waals surface area (Å²) in [5, 5.41) is 5.17. The number of fused-ring (bicyclic) bond motifs is 4. The lowest BCUT2D eigenvalue weighted by Gasteiger charge is -2.26. The molecule has 11 aromatic rings. The third kappa shape index (κ3) is 6.73. The molecule has 0 aliphatic rings. The summed E-state index contributed by atoms with van der Waals surface area (Å²) in [6, 6.07) is 86.0. The minimum Gasteiger partial charge on any atom is -0.311 e. The fourth-order valence-electron chi connectivity index (χ4n) is 8.59. The van der Waals surface area contributed by atoms with Crippen molar-refractivity contribution in [3.8, 4) is 55.6 Å². The Balaban J connectivity index is 0.935. The van der Waals surface area contributed by atoms with Gasteiger partial charge in [0, 0.05) is 37.2 Å². The molecule has 11 rings (SSSR count). The smallest absolute Gasteiger partial charge is 0.0462 e. The number of hydrogen-bond donors (Lipinski definition) is 0. The number of benzene rings is 10. The summed E-state index contributed by atoms with van der Waals surface area (Å²) < 4.78 is 2.64. The molecule has 10 aromatic carbocycles. The SMILES string of the molecule is c1ccc(-c2ccc(-c3ccc(N(c4ccc(-c5cccc(-c6cccc7ccccc67)c5)cc4)c4ccc(-c5ccc6c(c5)sc5ccccc56)cc4)cc3)cc2)cc1. The van der Waals surface area contributed by atoms with E-state index in [9.17, 15) is 0 Å². The van der Waals surface area contributed by atoms with E-state index in [1.807, 2.05) is 11.3 Å². The van der Waals surface area contributed by atoms with Crippen LogP contribution >= 0.6 is 11.3 Å². The van der Waals surface area contributed by atoms with Crippen molar-refractivity contribution in [3.63, 3.8) is 0 Å². The van der Waals surface area contributed by atoms with Gasteiger partial charge in [-0.1, -0.05) is 182 Å². The second-order valence-electron chi connectivity index (χ2n) is 15.3. The van der Waals surface area contributed by atoms with Gasteiger partial charge in [-0.25, -0.2) is 0 Å². The van der Waals surface area contributed by atoms with Gasteiger partial charge >= 0.3 is 0 Å². The van der Waals surface area contributed by atoms with Crippen LogP contribution in [0.25, 0.3) is 86.6 Å². The first-order chi connectivity index (χ1) is 29.7. The van der Waals surface area contributed by atoms with Crippen molar-refractivity contribution in [1.29, 1.82) is 0 Å². The van der Waals surface area contributed by atoms with E-state index in [1.54, 1.807) is 0 Å². The van der Waals surface area contributed by atoms with E-state index >= 15 is 0 Å². The summed E-state index contributed by atoms with van der Waals surface area (Å²) in [4.78, 5) is 2.36. The van der Waals surface area contributed by atoms with Gasteiger partial charge in [-0.3, -0.25) is 0 Å². The van der Waals surface area contributed by atoms with E-state index in [0.29, 0.717) is 0 Å². The summed E-state index contributed by atoms with van der Waals surface area (Å²) in [5.74, 6) is 0. The van der Waals surface area contributed by atoms with Crippen molar-refractivity contribution in [1.82, 2.24) is 0 Å². The third-order valence-electron chi connectivity index (χ3n) is 11.7. The van der Waals surface area contributed by atoms with Gasteiger partial charge in [-0.2, -0.15) is 0 Å². The lowest BCUT2D eigenvalue weighted by atomic mass is 9.95. The molecule has 60 heavy (non-hydrogen) atoms. The lowest BCUT2D eigenvalue weighted by Crippen LogP contribution is -2.09. The first kappa shape index (κ1) is 35.6. The fourth-order valence-corrected chi connectivity index (χ4v) is 9.74. The summed E-state index contributed by atoms with van der Waals surface area (Å²) in [5.41, 5.74) is 15.4. The molecule has 0 saturated carbocycles. The molecular weight excluding hydrogens is 743 g/mol. The van der Waals surface area contributed by atoms with Crippen molar-refractivity contribution in [2.75, 3.05) is 4.90 Å². The summed E-state index contributed by atoms with van der Waals surface area (Å²) >= 11 is 1.86. The zero-order valence-corrected chi connectivity index (χ0v) is 33.7. The Kier molecular flexibility index (Phi) is 9.11. The van der Waals surface area contributed by atoms with Crippen molar-refractivity contribution >= 4 is 59.3 Å². The lowest BCUT2D eigenvalue weighted by molar-refractivity contribution is 1.28. The number of thiophene rings is 1. The number of rotatable bonds is 8. The third-order valence-corrected chi connectivity index (χ3v) is 12.8. The Labute approximate surface area is 354 Å². The molecule has 0 N–H and O–H groups in total. The van der Waals surface area contributed by atoms with Crippen LogP contribution in [0.4, 0.5) is 17.1 Å². The molecular formula is C58H39NS. The van der Waals surface area contributed by atoms with Crippen LogP contribution in [0.15, 0.2) is 237 Å². The van der Waals surface area contributed by atoms with Gasteiger partial charge < -0.3 is 4.90 Å². The summed E-state index contributed by atoms with van der Waals surface area (Å²) in [6.07, 6.45) is 0. The van der Waals surface area contributed by atoms with Gasteiger partial charge in [-0.05, 0) is 121 Å². The molecule has 0 aliphatic heterocycles. The fraction of sp³-hybridized carbons (Fsp3) is 0. The predicted molar refractivity (Wildman–Crippen MR) is 259 cm³/mol. The van der Waals surface area contributed by atoms with E-state index in [-0.39, 0.29) is 0 Å². The second kappa shape index (κ2) is 15.3. The highest BCUT2D eigenvalue weighted by Crippen LogP contribution is 2.40. The van der Waals surface area contributed by atoms with Gasteiger partial charge in [-0.15, -0.1) is 11.3 Å². The van der Waals surface area contributed by atoms with Crippen molar-refractivity contribution < 1.29 is 0 Å². The Bertz CT molecular complexity index is 3270. The van der Waals surface area contributed by atoms with Crippen LogP contribution in [0.3, 0.4) is 0 Å². The average Bonchev–Trinajstić information content (AvgIpc) is 3.71. The molecule has 0 radical (unpaired) electrons. The van der Waals surface area contributed by atoms with Crippen LogP contribution in [0.1, 0.15) is 0 Å². The molecule has 0 atom stereocenters. The molecule has 0 fully saturated rings. The highest BCUT2D eigenvalue weighted by Gasteiger charge is 2.15. The molecule has 2 heteroatoms. The van der Waals surface area contributed by atoms with Gasteiger partial charge in [0.15, 0.2) is 0 Å². The minimum atomic E-state index is 1.10. The van der Waals surface area contributed by atoms with E-state index in [0.717, 1.165) is 17.1 Å². The highest BCUT2D eigenvalue weighted by atomic mass is 32.1. The largest absolute Gasteiger partial charge is 0.311 e. The van der Waals surface area contributed by atoms with Crippen molar-refractivity contribution in [3.05, 3.63) is 237 Å². The Morgan fingerprint density at radius 3 is 1.32 bits per heavy atom. The van der Waals surface area contributed by atoms with Crippen molar-refractivity contribution in [2.45, 2.75) is 0 Å². The van der Waals surface area contributed by atoms with E-state index in [2.05, 4.69) is 241 Å². The molecule has 0 aliphatic carbocycles. The number of hydrogen-bond acceptors (Lipinski definition) is 2. The topological polar surface area (TPSA) is 3.24 Å². The Morgan fingerprint density at radius 2 is 0.667 bits per heavy atom. The summed E-state index contributed by atoms with van der Waals surface area (Å²) in [6.45, 7) is 0. The average molecular weight is 782 g/mol. The quantitative estimate of drug-likeness (QED) is 0.148. The molecule has 0 amide bonds. The highest BCUT2D eigenvalue weighted by molar-refractivity contribution is 7.25. The first-order valence-corrected chi connectivity index (χ1v) is 21.3. The zero-order chi connectivity index (χ0) is 39.8. The standard InChI is InChI=1S/C58H39NS/c1-2-10-40(11-3-1)41-20-22-42(23-21-41)43-24-31-50(32-25-43)59(52-35-28-45(29-36-52)48-30-37-56-55-17-6-7-19-57(55)60-58(56)39-48)51-33-26-44(27-34-51)47-14-8-15-49(38-47)54-18-9-13-46-12-4-5-16-53(46)54/h1-39H. The minimum absolute atomic E-state index is 1.10. The van der Waals surface area contributed by atoms with E-state index in [1.165, 1.54) is 86.6 Å². The zero-order valence-electron chi connectivity index (χ0n) is 32.9. The van der Waals surface area contributed by atoms with Crippen LogP contribution in [0, 0.1) is 0 Å². The normalized spacial score (nSPS) is 11.3. The molecule has 282 valence electrons. The van der Waals surface area contributed by atoms with Crippen LogP contribution in [-0.4, -0.2) is 0 Å². The van der Waals surface area contributed by atoms with Gasteiger partial charge in [0.2, 0.25) is 0 Å². The molecule has 0 unspecified atom stereocenters. The number of nitrogens with zero attached hydrogens (tertiary/aromatic N) is 1. The predicted octanol–water partition coefficient (Wildman–Crippen LogP) is 17.0. The van der Waals surface area contributed by atoms with E-state index in [4.69, 9.17) is 0 Å². The molecule has 0 spiro atoms. The van der Waals surface area contributed by atoms with Crippen LogP contribution in [0.2, 0.25) is 0 Å². The van der Waals surface area contributed by atoms with Crippen LogP contribution < -0.4 is 4.90 Å². The molecule has 0 saturated heterocycles. The molecule has 1 aromatic heterocycles. The Hall–Kier alpha value is -7.52. The summed E-state index contributed by atoms with van der Waals surface area (Å²) in [7, 11) is 0. The first-order valence-electron chi connectivity index (χ1n) is 20.5. The van der Waals surface area contributed by atoms with Crippen molar-refractivity contribution in [2.24, 2.45) is 0 Å². The Morgan fingerprint density at radius 1 is 0.250 bits per heavy atom. The molecule has 0 bridgehead atoms. The monoisotopic (exact) mass is 781 g/mol. The van der Waals surface area contributed by atoms with Gasteiger partial charge in [0.25, 0.3) is 0 Å². The second-order valence-corrected chi connectivity index (χ2v) is 16.4. The maximum absolute atomic E-state index is 2.36. The number of anilines is 3. The maximum atomic E-state index is 2.36. The van der Waals surface area contributed by atoms with Gasteiger partial charge in [0.1, 0.15) is 0 Å². The van der Waals surface area contributed by atoms with Gasteiger partial charge in [0.05, 0.1) is 0 Å². The molecule has 1 heterocycles. The van der Waals surface area contributed by atoms with E-state index < -0.39 is 0 Å². The maximum Gasteiger partial charge on any atom is 0.0462 e. The van der Waals surface area contributed by atoms with Crippen LogP contribution in [0.5, 0.6) is 0 Å². The van der Waals surface area contributed by atoms with Crippen LogP contribution in [-0.2, 0) is 0 Å². The molecule has 1 nitrogen and oxygen atoms in total.